The molecule has 0 aliphatic carbocycles. The van der Waals surface area contributed by atoms with E-state index in [1.807, 2.05) is 12.1 Å². The second-order valence-corrected chi connectivity index (χ2v) is 5.55. The van der Waals surface area contributed by atoms with Crippen molar-refractivity contribution in [3.63, 3.8) is 0 Å². The minimum Gasteiger partial charge on any atom is -0.481 e. The maximum absolute atomic E-state index is 5.17. The zero-order valence-electron chi connectivity index (χ0n) is 11.6. The molecule has 3 heterocycles. The normalized spacial score (nSPS) is 27.2. The van der Waals surface area contributed by atoms with Crippen LogP contribution in [0.2, 0.25) is 0 Å². The predicted octanol–water partition coefficient (Wildman–Crippen LogP) is 1.81. The van der Waals surface area contributed by atoms with Crippen LogP contribution in [0.15, 0.2) is 18.2 Å². The standard InChI is InChI=1S/C15H23N3O/c1-19-15-7-4-5-12(17-15)11-16-13-8-10-18-9-3-2-6-14(13)18/h4-5,7,13-14,16H,2-3,6,8-11H2,1H3. The smallest absolute Gasteiger partial charge is 0.213 e. The number of hydrogen-bond donors (Lipinski definition) is 1. The molecule has 2 unspecified atom stereocenters. The van der Waals surface area contributed by atoms with E-state index in [2.05, 4.69) is 21.3 Å². The number of nitrogens with one attached hydrogen (secondary N) is 1. The van der Waals surface area contributed by atoms with Gasteiger partial charge in [0.25, 0.3) is 0 Å². The van der Waals surface area contributed by atoms with Gasteiger partial charge in [0.1, 0.15) is 0 Å². The summed E-state index contributed by atoms with van der Waals surface area (Å²) < 4.78 is 5.17. The number of fused-ring (bicyclic) bond motifs is 1. The molecule has 0 amide bonds. The van der Waals surface area contributed by atoms with Gasteiger partial charge in [0, 0.05) is 31.2 Å². The highest BCUT2D eigenvalue weighted by molar-refractivity contribution is 5.15. The summed E-state index contributed by atoms with van der Waals surface area (Å²) in [5, 5.41) is 3.69. The van der Waals surface area contributed by atoms with Gasteiger partial charge in [-0.15, -0.1) is 0 Å². The first-order valence-electron chi connectivity index (χ1n) is 7.34. The molecule has 1 aromatic heterocycles. The molecule has 2 saturated heterocycles. The number of rotatable bonds is 4. The van der Waals surface area contributed by atoms with E-state index in [0.717, 1.165) is 18.3 Å². The van der Waals surface area contributed by atoms with Crippen LogP contribution < -0.4 is 10.1 Å². The van der Waals surface area contributed by atoms with Crippen molar-refractivity contribution in [2.24, 2.45) is 0 Å². The number of piperidine rings is 1. The Kier molecular flexibility index (Phi) is 3.99. The van der Waals surface area contributed by atoms with E-state index >= 15 is 0 Å². The lowest BCUT2D eigenvalue weighted by molar-refractivity contribution is 0.180. The van der Waals surface area contributed by atoms with E-state index in [1.54, 1.807) is 7.11 Å². The summed E-state index contributed by atoms with van der Waals surface area (Å²) in [4.78, 5) is 7.11. The van der Waals surface area contributed by atoms with Crippen molar-refractivity contribution in [1.29, 1.82) is 0 Å². The van der Waals surface area contributed by atoms with Gasteiger partial charge in [-0.3, -0.25) is 4.90 Å². The number of methoxy groups -OCH3 is 1. The summed E-state index contributed by atoms with van der Waals surface area (Å²) in [6.07, 6.45) is 5.38. The summed E-state index contributed by atoms with van der Waals surface area (Å²) >= 11 is 0. The molecule has 2 fully saturated rings. The highest BCUT2D eigenvalue weighted by Crippen LogP contribution is 2.27. The predicted molar refractivity (Wildman–Crippen MR) is 75.2 cm³/mol. The van der Waals surface area contributed by atoms with Crippen molar-refractivity contribution in [3.8, 4) is 5.88 Å². The first-order valence-corrected chi connectivity index (χ1v) is 7.34. The fourth-order valence-corrected chi connectivity index (χ4v) is 3.39. The van der Waals surface area contributed by atoms with Crippen LogP contribution in [0.1, 0.15) is 31.4 Å². The molecule has 0 saturated carbocycles. The van der Waals surface area contributed by atoms with Crippen LogP contribution in [0.4, 0.5) is 0 Å². The zero-order chi connectivity index (χ0) is 13.1. The van der Waals surface area contributed by atoms with E-state index in [-0.39, 0.29) is 0 Å². The van der Waals surface area contributed by atoms with Gasteiger partial charge >= 0.3 is 0 Å². The Bertz CT molecular complexity index is 424. The lowest BCUT2D eigenvalue weighted by Crippen LogP contribution is -2.44. The topological polar surface area (TPSA) is 37.4 Å². The molecule has 0 aromatic carbocycles. The maximum Gasteiger partial charge on any atom is 0.213 e. The van der Waals surface area contributed by atoms with E-state index in [9.17, 15) is 0 Å². The van der Waals surface area contributed by atoms with Gasteiger partial charge in [-0.05, 0) is 31.9 Å². The summed E-state index contributed by atoms with van der Waals surface area (Å²) in [6.45, 7) is 3.39. The summed E-state index contributed by atoms with van der Waals surface area (Å²) in [6, 6.07) is 7.34. The quantitative estimate of drug-likeness (QED) is 0.897. The fraction of sp³-hybridized carbons (Fsp3) is 0.667. The summed E-state index contributed by atoms with van der Waals surface area (Å²) in [5.74, 6) is 0.699. The van der Waals surface area contributed by atoms with Crippen LogP contribution in [0.25, 0.3) is 0 Å². The van der Waals surface area contributed by atoms with Gasteiger partial charge in [-0.1, -0.05) is 12.5 Å². The molecule has 104 valence electrons. The molecule has 2 aliphatic rings. The largest absolute Gasteiger partial charge is 0.481 e. The van der Waals surface area contributed by atoms with Crippen LogP contribution in [-0.2, 0) is 6.54 Å². The van der Waals surface area contributed by atoms with Crippen LogP contribution in [-0.4, -0.2) is 42.2 Å². The fourth-order valence-electron chi connectivity index (χ4n) is 3.39. The van der Waals surface area contributed by atoms with Crippen molar-refractivity contribution in [3.05, 3.63) is 23.9 Å². The van der Waals surface area contributed by atoms with Gasteiger partial charge in [-0.25, -0.2) is 4.98 Å². The van der Waals surface area contributed by atoms with E-state index < -0.39 is 0 Å². The Balaban J connectivity index is 1.57. The van der Waals surface area contributed by atoms with Gasteiger partial charge in [0.05, 0.1) is 12.8 Å². The molecule has 0 bridgehead atoms. The molecular weight excluding hydrogens is 238 g/mol. The van der Waals surface area contributed by atoms with Crippen LogP contribution in [0.3, 0.4) is 0 Å². The molecule has 4 heteroatoms. The summed E-state index contributed by atoms with van der Waals surface area (Å²) in [7, 11) is 1.66. The Hall–Kier alpha value is -1.13. The van der Waals surface area contributed by atoms with Crippen LogP contribution >= 0.6 is 0 Å². The highest BCUT2D eigenvalue weighted by Gasteiger charge is 2.34. The van der Waals surface area contributed by atoms with Crippen molar-refractivity contribution in [2.75, 3.05) is 20.2 Å². The molecule has 0 radical (unpaired) electrons. The van der Waals surface area contributed by atoms with Gasteiger partial charge in [0.15, 0.2) is 0 Å². The van der Waals surface area contributed by atoms with Crippen molar-refractivity contribution >= 4 is 0 Å². The average Bonchev–Trinajstić information content (AvgIpc) is 2.89. The SMILES string of the molecule is COc1cccc(CNC2CCN3CCCCC23)n1. The third-order valence-electron chi connectivity index (χ3n) is 4.39. The maximum atomic E-state index is 5.17. The number of ether oxygens (including phenoxy) is 1. The van der Waals surface area contributed by atoms with E-state index in [0.29, 0.717) is 11.9 Å². The van der Waals surface area contributed by atoms with Gasteiger partial charge < -0.3 is 10.1 Å². The number of nitrogens with zero attached hydrogens (tertiary/aromatic N) is 2. The Morgan fingerprint density at radius 3 is 3.16 bits per heavy atom. The van der Waals surface area contributed by atoms with Crippen LogP contribution in [0, 0.1) is 0 Å². The van der Waals surface area contributed by atoms with Gasteiger partial charge in [-0.2, -0.15) is 0 Å². The minimum atomic E-state index is 0.633. The number of hydrogen-bond acceptors (Lipinski definition) is 4. The molecule has 2 atom stereocenters. The zero-order valence-corrected chi connectivity index (χ0v) is 11.6. The highest BCUT2D eigenvalue weighted by atomic mass is 16.5. The molecule has 1 aromatic rings. The lowest BCUT2D eigenvalue weighted by Gasteiger charge is -2.32. The molecule has 19 heavy (non-hydrogen) atoms. The third-order valence-corrected chi connectivity index (χ3v) is 4.39. The number of aromatic nitrogens is 1. The van der Waals surface area contributed by atoms with Crippen molar-refractivity contribution in [1.82, 2.24) is 15.2 Å². The molecule has 4 nitrogen and oxygen atoms in total. The van der Waals surface area contributed by atoms with Crippen molar-refractivity contribution in [2.45, 2.75) is 44.3 Å². The first-order chi connectivity index (χ1) is 9.36. The third kappa shape index (κ3) is 2.90. The Labute approximate surface area is 115 Å². The minimum absolute atomic E-state index is 0.633. The lowest BCUT2D eigenvalue weighted by atomic mass is 9.99. The molecule has 1 N–H and O–H groups in total. The van der Waals surface area contributed by atoms with E-state index in [1.165, 1.54) is 38.8 Å². The average molecular weight is 261 g/mol. The molecule has 2 aliphatic heterocycles. The summed E-state index contributed by atoms with van der Waals surface area (Å²) in [5.41, 5.74) is 1.06. The number of pyridine rings is 1. The van der Waals surface area contributed by atoms with Crippen LogP contribution in [0.5, 0.6) is 5.88 Å². The molecular formula is C15H23N3O. The molecule has 0 spiro atoms. The Morgan fingerprint density at radius 2 is 2.26 bits per heavy atom. The first kappa shape index (κ1) is 12.9. The molecule has 3 rings (SSSR count). The van der Waals surface area contributed by atoms with Crippen molar-refractivity contribution < 1.29 is 4.74 Å². The van der Waals surface area contributed by atoms with Gasteiger partial charge in [0.2, 0.25) is 5.88 Å². The second-order valence-electron chi connectivity index (χ2n) is 5.55. The van der Waals surface area contributed by atoms with E-state index in [4.69, 9.17) is 4.74 Å². The monoisotopic (exact) mass is 261 g/mol. The second kappa shape index (κ2) is 5.88. The Morgan fingerprint density at radius 1 is 1.32 bits per heavy atom.